The first-order valence-electron chi connectivity index (χ1n) is 6.44. The van der Waals surface area contributed by atoms with Gasteiger partial charge in [0.1, 0.15) is 16.1 Å². The van der Waals surface area contributed by atoms with Crippen LogP contribution in [0.2, 0.25) is 0 Å². The molecule has 1 aliphatic heterocycles. The van der Waals surface area contributed by atoms with E-state index in [9.17, 15) is 13.6 Å². The van der Waals surface area contributed by atoms with Crippen LogP contribution in [-0.4, -0.2) is 30.1 Å². The molecule has 0 aromatic heterocycles. The van der Waals surface area contributed by atoms with Gasteiger partial charge < -0.3 is 19.9 Å². The Hall–Kier alpha value is -1.84. The molecule has 1 aromatic rings. The molecule has 0 atom stereocenters. The van der Waals surface area contributed by atoms with Crippen LogP contribution >= 0.6 is 0 Å². The van der Waals surface area contributed by atoms with Crippen molar-refractivity contribution in [3.8, 4) is 5.75 Å². The van der Waals surface area contributed by atoms with Gasteiger partial charge in [0.2, 0.25) is 0 Å². The van der Waals surface area contributed by atoms with Crippen LogP contribution in [0.3, 0.4) is 0 Å². The molecule has 22 heavy (non-hydrogen) atoms. The molecule has 0 radical (unpaired) electrons. The molecule has 9 heteroatoms. The lowest BCUT2D eigenvalue weighted by Gasteiger charge is -2.41. The first-order chi connectivity index (χ1) is 9.96. The summed E-state index contributed by atoms with van der Waals surface area (Å²) in [5, 5.41) is 19.1. The van der Waals surface area contributed by atoms with Crippen LogP contribution in [-0.2, 0) is 14.8 Å². The lowest BCUT2D eigenvalue weighted by atomic mass is 9.93. The molecular weight excluding hydrogens is 312 g/mol. The molecule has 0 bridgehead atoms. The van der Waals surface area contributed by atoms with Gasteiger partial charge in [-0.2, -0.15) is 0 Å². The van der Waals surface area contributed by atoms with Gasteiger partial charge in [0.15, 0.2) is 0 Å². The molecule has 0 fully saturated rings. The van der Waals surface area contributed by atoms with E-state index in [-0.39, 0.29) is 22.7 Å². The highest BCUT2D eigenvalue weighted by Crippen LogP contribution is 2.38. The van der Waals surface area contributed by atoms with E-state index in [0.29, 0.717) is 0 Å². The summed E-state index contributed by atoms with van der Waals surface area (Å²) in [4.78, 5) is 0. The average molecular weight is 329 g/mol. The van der Waals surface area contributed by atoms with Crippen molar-refractivity contribution in [3.63, 3.8) is 0 Å². The normalized spacial score (nSPS) is 21.5. The highest BCUT2D eigenvalue weighted by molar-refractivity contribution is 7.91. The van der Waals surface area contributed by atoms with Gasteiger partial charge in [-0.05, 0) is 52.0 Å². The Balaban J connectivity index is 2.29. The molecule has 0 saturated carbocycles. The lowest BCUT2D eigenvalue weighted by molar-refractivity contribution is 0.0309. The average Bonchev–Trinajstić information content (AvgIpc) is 2.36. The van der Waals surface area contributed by atoms with Crippen molar-refractivity contribution >= 4 is 21.8 Å². The Labute approximate surface area is 128 Å². The minimum absolute atomic E-state index is 0.00735. The van der Waals surface area contributed by atoms with Gasteiger partial charge in [-0.15, -0.1) is 0 Å². The maximum atomic E-state index is 12.2. The SMILES string of the molecule is CC1(C)OC(Oc2ccc(N([O-])O)cc2)=NS(=O)(=O)C1(C)C. The van der Waals surface area contributed by atoms with E-state index in [1.54, 1.807) is 13.8 Å². The van der Waals surface area contributed by atoms with Gasteiger partial charge in [-0.1, -0.05) is 4.40 Å². The molecule has 1 heterocycles. The molecule has 1 aromatic carbocycles. The van der Waals surface area contributed by atoms with Crippen molar-refractivity contribution in [3.05, 3.63) is 29.5 Å². The molecule has 0 aliphatic carbocycles. The summed E-state index contributed by atoms with van der Waals surface area (Å²) in [5.41, 5.74) is -1.03. The number of benzene rings is 1. The second kappa shape index (κ2) is 5.11. The van der Waals surface area contributed by atoms with Gasteiger partial charge in [-0.25, -0.2) is 8.42 Å². The zero-order valence-electron chi connectivity index (χ0n) is 12.6. The monoisotopic (exact) mass is 329 g/mol. The van der Waals surface area contributed by atoms with Crippen LogP contribution in [0.15, 0.2) is 28.7 Å². The maximum Gasteiger partial charge on any atom is 0.405 e. The van der Waals surface area contributed by atoms with Crippen molar-refractivity contribution < 1.29 is 23.1 Å². The zero-order valence-corrected chi connectivity index (χ0v) is 13.4. The standard InChI is InChI=1S/C13H17N2O6S/c1-12(2)13(3,4)22(18,19)14-11(21-12)20-10-7-5-9(6-8-10)15(16)17/h5-8,16H,1-4H3/q-1. The van der Waals surface area contributed by atoms with Crippen LogP contribution in [0.5, 0.6) is 5.75 Å². The molecule has 1 aliphatic rings. The summed E-state index contributed by atoms with van der Waals surface area (Å²) < 4.78 is 37.6. The second-order valence-corrected chi connectivity index (χ2v) is 7.98. The van der Waals surface area contributed by atoms with E-state index >= 15 is 0 Å². The quantitative estimate of drug-likeness (QED) is 0.826. The minimum Gasteiger partial charge on any atom is -0.733 e. The van der Waals surface area contributed by atoms with Crippen molar-refractivity contribution in [2.45, 2.75) is 38.0 Å². The molecule has 0 unspecified atom stereocenters. The molecule has 0 spiro atoms. The summed E-state index contributed by atoms with van der Waals surface area (Å²) in [5.74, 6) is 0.218. The number of rotatable bonds is 2. The van der Waals surface area contributed by atoms with Crippen molar-refractivity contribution in [2.75, 3.05) is 5.23 Å². The van der Waals surface area contributed by atoms with Gasteiger partial charge in [0, 0.05) is 0 Å². The van der Waals surface area contributed by atoms with Crippen LogP contribution < -0.4 is 9.96 Å². The number of hydrogen-bond donors (Lipinski definition) is 1. The van der Waals surface area contributed by atoms with E-state index in [1.165, 1.54) is 38.1 Å². The Morgan fingerprint density at radius 3 is 2.23 bits per heavy atom. The van der Waals surface area contributed by atoms with Gasteiger partial charge >= 0.3 is 6.08 Å². The van der Waals surface area contributed by atoms with Crippen LogP contribution in [0.1, 0.15) is 27.7 Å². The predicted octanol–water partition coefficient (Wildman–Crippen LogP) is 2.03. The van der Waals surface area contributed by atoms with E-state index < -0.39 is 20.4 Å². The van der Waals surface area contributed by atoms with E-state index in [1.807, 2.05) is 0 Å². The van der Waals surface area contributed by atoms with Gasteiger partial charge in [0.25, 0.3) is 10.0 Å². The second-order valence-electron chi connectivity index (χ2n) is 5.82. The van der Waals surface area contributed by atoms with Crippen molar-refractivity contribution in [2.24, 2.45) is 4.40 Å². The van der Waals surface area contributed by atoms with Crippen molar-refractivity contribution in [1.82, 2.24) is 0 Å². The molecule has 8 nitrogen and oxygen atoms in total. The summed E-state index contributed by atoms with van der Waals surface area (Å²) in [7, 11) is -3.82. The van der Waals surface area contributed by atoms with E-state index in [0.717, 1.165) is 0 Å². The number of ether oxygens (including phenoxy) is 2. The third-order valence-corrected chi connectivity index (χ3v) is 6.07. The molecule has 2 rings (SSSR count). The number of hydrogen-bond acceptors (Lipinski definition) is 7. The lowest BCUT2D eigenvalue weighted by Crippen LogP contribution is -2.56. The van der Waals surface area contributed by atoms with E-state index in [4.69, 9.17) is 14.7 Å². The smallest absolute Gasteiger partial charge is 0.405 e. The summed E-state index contributed by atoms with van der Waals surface area (Å²) >= 11 is 0. The largest absolute Gasteiger partial charge is 0.733 e. The number of nitrogens with zero attached hydrogens (tertiary/aromatic N) is 2. The van der Waals surface area contributed by atoms with Crippen LogP contribution in [0, 0.1) is 5.21 Å². The van der Waals surface area contributed by atoms with Crippen LogP contribution in [0.4, 0.5) is 5.69 Å². The summed E-state index contributed by atoms with van der Waals surface area (Å²) in [6.45, 7) is 6.32. The third-order valence-electron chi connectivity index (χ3n) is 3.89. The summed E-state index contributed by atoms with van der Waals surface area (Å²) in [6.07, 6.45) is -0.389. The van der Waals surface area contributed by atoms with Crippen molar-refractivity contribution in [1.29, 1.82) is 0 Å². The topological polar surface area (TPSA) is 111 Å². The first kappa shape index (κ1) is 16.5. The first-order valence-corrected chi connectivity index (χ1v) is 7.88. The molecule has 1 N–H and O–H groups in total. The van der Waals surface area contributed by atoms with Crippen LogP contribution in [0.25, 0.3) is 0 Å². The molecule has 122 valence electrons. The fourth-order valence-electron chi connectivity index (χ4n) is 1.66. The van der Waals surface area contributed by atoms with Gasteiger partial charge in [0.05, 0.1) is 5.69 Å². The fraction of sp³-hybridized carbons (Fsp3) is 0.462. The molecule has 0 saturated heterocycles. The molecule has 0 amide bonds. The third kappa shape index (κ3) is 2.74. The molecular formula is C13H17N2O6S-. The summed E-state index contributed by atoms with van der Waals surface area (Å²) in [6, 6.07) is 5.36. The Bertz CT molecular complexity index is 692. The highest BCUT2D eigenvalue weighted by Gasteiger charge is 2.54. The zero-order chi connectivity index (χ0) is 16.8. The minimum atomic E-state index is -3.82. The number of sulfonamides is 1. The van der Waals surface area contributed by atoms with Gasteiger partial charge in [-0.3, -0.25) is 5.21 Å². The Morgan fingerprint density at radius 2 is 1.77 bits per heavy atom. The Morgan fingerprint density at radius 1 is 1.23 bits per heavy atom. The Kier molecular flexibility index (Phi) is 3.84. The maximum absolute atomic E-state index is 12.2. The fourth-order valence-corrected chi connectivity index (χ4v) is 2.83. The predicted molar refractivity (Wildman–Crippen MR) is 80.3 cm³/mol. The highest BCUT2D eigenvalue weighted by atomic mass is 32.2. The van der Waals surface area contributed by atoms with E-state index in [2.05, 4.69) is 4.40 Å². The number of anilines is 1.